The van der Waals surface area contributed by atoms with Crippen molar-refractivity contribution < 1.29 is 18.4 Å². The molecule has 1 fully saturated rings. The lowest BCUT2D eigenvalue weighted by Gasteiger charge is -2.22. The van der Waals surface area contributed by atoms with Crippen LogP contribution in [0.25, 0.3) is 0 Å². The molecule has 1 aliphatic rings. The average molecular weight is 341 g/mol. The van der Waals surface area contributed by atoms with Crippen LogP contribution in [0.1, 0.15) is 23.6 Å². The lowest BCUT2D eigenvalue weighted by Crippen LogP contribution is -2.40. The first-order valence-corrected chi connectivity index (χ1v) is 7.44. The average Bonchev–Trinajstić information content (AvgIpc) is 2.82. The summed E-state index contributed by atoms with van der Waals surface area (Å²) in [5, 5.41) is 11.4. The summed E-state index contributed by atoms with van der Waals surface area (Å²) in [5.74, 6) is -1.93. The molecular weight excluding hydrogens is 328 g/mol. The Morgan fingerprint density at radius 1 is 1.16 bits per heavy atom. The molecule has 1 unspecified atom stereocenters. The number of halogens is 2. The van der Waals surface area contributed by atoms with Crippen LogP contribution in [0.2, 0.25) is 0 Å². The Morgan fingerprint density at radius 2 is 1.84 bits per heavy atom. The van der Waals surface area contributed by atoms with E-state index in [0.717, 1.165) is 23.1 Å². The number of imide groups is 1. The first kappa shape index (κ1) is 16.6. The summed E-state index contributed by atoms with van der Waals surface area (Å²) in [5.41, 5.74) is -0.517. The number of benzene rings is 2. The third kappa shape index (κ3) is 2.83. The number of carbonyl (C=O) groups is 2. The van der Waals surface area contributed by atoms with Gasteiger partial charge in [0.05, 0.1) is 18.2 Å². The molecule has 0 aromatic heterocycles. The maximum atomic E-state index is 13.8. The number of rotatable bonds is 3. The van der Waals surface area contributed by atoms with Crippen molar-refractivity contribution in [3.05, 3.63) is 70.8 Å². The van der Waals surface area contributed by atoms with E-state index in [0.29, 0.717) is 11.1 Å². The Kier molecular flexibility index (Phi) is 3.97. The third-order valence-electron chi connectivity index (χ3n) is 4.20. The molecule has 5 nitrogen and oxygen atoms in total. The Morgan fingerprint density at radius 3 is 2.48 bits per heavy atom. The van der Waals surface area contributed by atoms with E-state index >= 15 is 0 Å². The highest BCUT2D eigenvalue weighted by molar-refractivity contribution is 6.07. The quantitative estimate of drug-likeness (QED) is 0.873. The molecule has 0 spiro atoms. The van der Waals surface area contributed by atoms with Crippen LogP contribution in [0.3, 0.4) is 0 Å². The molecule has 1 heterocycles. The van der Waals surface area contributed by atoms with Gasteiger partial charge in [-0.3, -0.25) is 9.69 Å². The van der Waals surface area contributed by atoms with Gasteiger partial charge >= 0.3 is 6.03 Å². The maximum Gasteiger partial charge on any atom is 0.325 e. The van der Waals surface area contributed by atoms with Gasteiger partial charge in [-0.05, 0) is 42.8 Å². The first-order chi connectivity index (χ1) is 11.8. The Balaban J connectivity index is 1.91. The molecule has 0 radical (unpaired) electrons. The highest BCUT2D eigenvalue weighted by atomic mass is 19.1. The largest absolute Gasteiger partial charge is 0.325 e. The predicted octanol–water partition coefficient (Wildman–Crippen LogP) is 2.80. The van der Waals surface area contributed by atoms with Gasteiger partial charge in [-0.2, -0.15) is 5.26 Å². The van der Waals surface area contributed by atoms with Crippen molar-refractivity contribution in [1.29, 1.82) is 5.26 Å². The van der Waals surface area contributed by atoms with Crippen molar-refractivity contribution in [3.63, 3.8) is 0 Å². The van der Waals surface area contributed by atoms with Crippen molar-refractivity contribution in [2.24, 2.45) is 0 Å². The lowest BCUT2D eigenvalue weighted by atomic mass is 9.91. The highest BCUT2D eigenvalue weighted by Gasteiger charge is 2.49. The monoisotopic (exact) mass is 341 g/mol. The topological polar surface area (TPSA) is 73.2 Å². The van der Waals surface area contributed by atoms with E-state index in [1.807, 2.05) is 6.07 Å². The summed E-state index contributed by atoms with van der Waals surface area (Å²) in [6.07, 6.45) is 0. The van der Waals surface area contributed by atoms with Gasteiger partial charge in [-0.25, -0.2) is 13.6 Å². The number of nitrogens with zero attached hydrogens (tertiary/aromatic N) is 2. The second-order valence-corrected chi connectivity index (χ2v) is 5.87. The van der Waals surface area contributed by atoms with Crippen LogP contribution in [0, 0.1) is 23.0 Å². The molecule has 1 atom stereocenters. The van der Waals surface area contributed by atoms with Gasteiger partial charge in [0.25, 0.3) is 5.91 Å². The van der Waals surface area contributed by atoms with Crippen LogP contribution in [-0.4, -0.2) is 16.8 Å². The molecule has 0 bridgehead atoms. The van der Waals surface area contributed by atoms with Crippen molar-refractivity contribution in [1.82, 2.24) is 10.2 Å². The van der Waals surface area contributed by atoms with Crippen molar-refractivity contribution in [2.75, 3.05) is 0 Å². The number of nitriles is 1. The van der Waals surface area contributed by atoms with Crippen LogP contribution in [0.15, 0.2) is 42.5 Å². The molecule has 3 rings (SSSR count). The first-order valence-electron chi connectivity index (χ1n) is 7.44. The van der Waals surface area contributed by atoms with Crippen LogP contribution in [0.5, 0.6) is 0 Å². The number of carbonyl (C=O) groups excluding carboxylic acids is 2. The second-order valence-electron chi connectivity index (χ2n) is 5.87. The van der Waals surface area contributed by atoms with Gasteiger partial charge in [0.15, 0.2) is 0 Å². The van der Waals surface area contributed by atoms with E-state index in [1.54, 1.807) is 12.1 Å². The minimum absolute atomic E-state index is 0.0902. The molecule has 2 aromatic carbocycles. The molecule has 126 valence electrons. The summed E-state index contributed by atoms with van der Waals surface area (Å²) in [7, 11) is 0. The van der Waals surface area contributed by atoms with Gasteiger partial charge in [0.2, 0.25) is 0 Å². The van der Waals surface area contributed by atoms with E-state index in [2.05, 4.69) is 5.32 Å². The van der Waals surface area contributed by atoms with Gasteiger partial charge < -0.3 is 5.32 Å². The molecule has 7 heteroatoms. The van der Waals surface area contributed by atoms with E-state index in [1.165, 1.54) is 19.1 Å². The summed E-state index contributed by atoms with van der Waals surface area (Å²) < 4.78 is 27.1. The zero-order valence-corrected chi connectivity index (χ0v) is 13.2. The molecule has 0 saturated carbocycles. The summed E-state index contributed by atoms with van der Waals surface area (Å²) in [6, 6.07) is 10.4. The normalized spacial score (nSPS) is 19.7. The molecule has 2 aromatic rings. The molecule has 0 aliphatic carbocycles. The standard InChI is InChI=1S/C18H13F2N3O2/c1-18(13-4-2-11(9-21)3-5-13)16(24)23(17(25)22-18)10-12-8-14(19)6-7-15(12)20/h2-8H,10H2,1H3,(H,22,25). The number of urea groups is 1. The summed E-state index contributed by atoms with van der Waals surface area (Å²) in [4.78, 5) is 25.8. The minimum atomic E-state index is -1.34. The summed E-state index contributed by atoms with van der Waals surface area (Å²) >= 11 is 0. The molecule has 1 aliphatic heterocycles. The van der Waals surface area contributed by atoms with E-state index < -0.39 is 29.1 Å². The zero-order chi connectivity index (χ0) is 18.2. The van der Waals surface area contributed by atoms with Gasteiger partial charge in [0, 0.05) is 5.56 Å². The maximum absolute atomic E-state index is 13.8. The summed E-state index contributed by atoms with van der Waals surface area (Å²) in [6.45, 7) is 1.15. The van der Waals surface area contributed by atoms with Crippen molar-refractivity contribution >= 4 is 11.9 Å². The predicted molar refractivity (Wildman–Crippen MR) is 83.9 cm³/mol. The molecule has 1 N–H and O–H groups in total. The zero-order valence-electron chi connectivity index (χ0n) is 13.2. The van der Waals surface area contributed by atoms with Crippen molar-refractivity contribution in [3.8, 4) is 6.07 Å². The lowest BCUT2D eigenvalue weighted by molar-refractivity contribution is -0.131. The Labute approximate surface area is 142 Å². The van der Waals surface area contributed by atoms with E-state index in [9.17, 15) is 18.4 Å². The van der Waals surface area contributed by atoms with Crippen LogP contribution >= 0.6 is 0 Å². The number of amides is 3. The number of hydrogen-bond acceptors (Lipinski definition) is 3. The van der Waals surface area contributed by atoms with Crippen LogP contribution in [-0.2, 0) is 16.9 Å². The fourth-order valence-corrected chi connectivity index (χ4v) is 2.75. The minimum Gasteiger partial charge on any atom is -0.319 e. The number of nitrogens with one attached hydrogen (secondary N) is 1. The van der Waals surface area contributed by atoms with E-state index in [4.69, 9.17) is 5.26 Å². The Bertz CT molecular complexity index is 906. The van der Waals surface area contributed by atoms with Gasteiger partial charge in [-0.1, -0.05) is 12.1 Å². The second kappa shape index (κ2) is 5.98. The number of hydrogen-bond donors (Lipinski definition) is 1. The SMILES string of the molecule is CC1(c2ccc(C#N)cc2)NC(=O)N(Cc2cc(F)ccc2F)C1=O. The smallest absolute Gasteiger partial charge is 0.319 e. The van der Waals surface area contributed by atoms with Crippen LogP contribution < -0.4 is 5.32 Å². The molecular formula is C18H13F2N3O2. The van der Waals surface area contributed by atoms with Gasteiger partial charge in [-0.15, -0.1) is 0 Å². The molecule has 25 heavy (non-hydrogen) atoms. The van der Waals surface area contributed by atoms with Gasteiger partial charge in [0.1, 0.15) is 17.2 Å². The Hall–Kier alpha value is -3.27. The van der Waals surface area contributed by atoms with E-state index in [-0.39, 0.29) is 12.1 Å². The van der Waals surface area contributed by atoms with Crippen LogP contribution in [0.4, 0.5) is 13.6 Å². The fraction of sp³-hybridized carbons (Fsp3) is 0.167. The molecule has 1 saturated heterocycles. The van der Waals surface area contributed by atoms with Crippen molar-refractivity contribution in [2.45, 2.75) is 19.0 Å². The molecule has 3 amide bonds. The fourth-order valence-electron chi connectivity index (χ4n) is 2.75. The third-order valence-corrected chi connectivity index (χ3v) is 4.20. The highest BCUT2D eigenvalue weighted by Crippen LogP contribution is 2.30.